The Balaban J connectivity index is 1.91. The van der Waals surface area contributed by atoms with E-state index in [9.17, 15) is 14.5 Å². The van der Waals surface area contributed by atoms with E-state index in [-0.39, 0.29) is 35.0 Å². The number of nitroso groups, excluding NO2 is 1. The Kier molecular flexibility index (Phi) is 5.78. The maximum atomic E-state index is 12.6. The minimum Gasteiger partial charge on any atom is -0.460 e. The molecule has 3 aromatic rings. The van der Waals surface area contributed by atoms with E-state index < -0.39 is 11.9 Å². The molecule has 8 heteroatoms. The predicted octanol–water partition coefficient (Wildman–Crippen LogP) is 4.68. The predicted molar refractivity (Wildman–Crippen MR) is 104 cm³/mol. The Morgan fingerprint density at radius 3 is 2.82 bits per heavy atom. The first-order valence-electron chi connectivity index (χ1n) is 8.79. The number of nitrogens with one attached hydrogen (secondary N) is 1. The van der Waals surface area contributed by atoms with Gasteiger partial charge in [0.25, 0.3) is 5.91 Å². The van der Waals surface area contributed by atoms with Crippen molar-refractivity contribution in [3.8, 4) is 0 Å². The number of hydrogen-bond donors (Lipinski definition) is 1. The molecule has 3 rings (SSSR count). The number of carbonyl (C=O) groups is 2. The van der Waals surface area contributed by atoms with Crippen LogP contribution in [0.4, 0.5) is 11.4 Å². The number of ether oxygens (including phenoxy) is 1. The highest BCUT2D eigenvalue weighted by Crippen LogP contribution is 2.31. The molecule has 28 heavy (non-hydrogen) atoms. The Morgan fingerprint density at radius 2 is 2.07 bits per heavy atom. The molecule has 1 N–H and O–H groups in total. The van der Waals surface area contributed by atoms with E-state index in [0.717, 1.165) is 0 Å². The fraction of sp³-hybridized carbons (Fsp3) is 0.250. The van der Waals surface area contributed by atoms with Crippen molar-refractivity contribution in [2.45, 2.75) is 20.3 Å². The van der Waals surface area contributed by atoms with Gasteiger partial charge in [-0.3, -0.25) is 4.79 Å². The SMILES string of the molecule is CC(C)CCOC(=O)c1oc2ncccc2c1NC(=O)c1cccc(N=O)c1. The second-order valence-electron chi connectivity index (χ2n) is 6.58. The van der Waals surface area contributed by atoms with Crippen LogP contribution in [0.15, 0.2) is 52.2 Å². The Bertz CT molecular complexity index is 1030. The number of anilines is 1. The van der Waals surface area contributed by atoms with Crippen LogP contribution in [-0.2, 0) is 4.74 Å². The molecule has 0 unspecified atom stereocenters. The minimum absolute atomic E-state index is 0.125. The molecule has 8 nitrogen and oxygen atoms in total. The lowest BCUT2D eigenvalue weighted by Gasteiger charge is -2.08. The second-order valence-corrected chi connectivity index (χ2v) is 6.58. The number of esters is 1. The van der Waals surface area contributed by atoms with Crippen LogP contribution in [0.2, 0.25) is 0 Å². The molecule has 0 saturated carbocycles. The van der Waals surface area contributed by atoms with Gasteiger partial charge in [0.1, 0.15) is 11.4 Å². The average Bonchev–Trinajstić information content (AvgIpc) is 3.06. The summed E-state index contributed by atoms with van der Waals surface area (Å²) in [5.41, 5.74) is 0.721. The van der Waals surface area contributed by atoms with E-state index >= 15 is 0 Å². The number of fused-ring (bicyclic) bond motifs is 1. The first kappa shape index (κ1) is 19.2. The third-order valence-electron chi connectivity index (χ3n) is 4.03. The van der Waals surface area contributed by atoms with Gasteiger partial charge in [-0.15, -0.1) is 4.91 Å². The third-order valence-corrected chi connectivity index (χ3v) is 4.03. The molecule has 0 bridgehead atoms. The molecule has 0 fully saturated rings. The maximum absolute atomic E-state index is 12.6. The summed E-state index contributed by atoms with van der Waals surface area (Å²) in [6.45, 7) is 4.28. The fourth-order valence-corrected chi connectivity index (χ4v) is 2.54. The Labute approximate surface area is 160 Å². The van der Waals surface area contributed by atoms with E-state index in [1.54, 1.807) is 18.2 Å². The van der Waals surface area contributed by atoms with Crippen molar-refractivity contribution in [1.82, 2.24) is 4.98 Å². The van der Waals surface area contributed by atoms with Crippen LogP contribution in [0.3, 0.4) is 0 Å². The van der Waals surface area contributed by atoms with Crippen LogP contribution in [0.5, 0.6) is 0 Å². The largest absolute Gasteiger partial charge is 0.460 e. The number of furan rings is 1. The summed E-state index contributed by atoms with van der Waals surface area (Å²) in [5.74, 6) is -0.955. The van der Waals surface area contributed by atoms with Gasteiger partial charge in [-0.1, -0.05) is 19.9 Å². The number of rotatable bonds is 7. The highest BCUT2D eigenvalue weighted by molar-refractivity contribution is 6.13. The van der Waals surface area contributed by atoms with Crippen LogP contribution in [0.25, 0.3) is 11.1 Å². The molecular weight excluding hydrogens is 362 g/mol. The zero-order valence-electron chi connectivity index (χ0n) is 15.5. The summed E-state index contributed by atoms with van der Waals surface area (Å²) in [4.78, 5) is 39.9. The number of carbonyl (C=O) groups excluding carboxylic acids is 2. The zero-order chi connectivity index (χ0) is 20.1. The van der Waals surface area contributed by atoms with E-state index in [2.05, 4.69) is 15.5 Å². The number of aromatic nitrogens is 1. The van der Waals surface area contributed by atoms with Gasteiger partial charge in [0.2, 0.25) is 11.5 Å². The van der Waals surface area contributed by atoms with Crippen molar-refractivity contribution in [1.29, 1.82) is 0 Å². The van der Waals surface area contributed by atoms with Crippen molar-refractivity contribution in [3.63, 3.8) is 0 Å². The summed E-state index contributed by atoms with van der Waals surface area (Å²) in [7, 11) is 0. The van der Waals surface area contributed by atoms with Crippen LogP contribution in [0.1, 0.15) is 41.2 Å². The molecule has 0 aliphatic rings. The van der Waals surface area contributed by atoms with Gasteiger partial charge in [0.05, 0.1) is 12.0 Å². The van der Waals surface area contributed by atoms with Crippen LogP contribution in [-0.4, -0.2) is 23.5 Å². The highest BCUT2D eigenvalue weighted by Gasteiger charge is 2.24. The van der Waals surface area contributed by atoms with E-state index in [4.69, 9.17) is 9.15 Å². The van der Waals surface area contributed by atoms with Gasteiger partial charge in [-0.25, -0.2) is 9.78 Å². The van der Waals surface area contributed by atoms with E-state index in [1.165, 1.54) is 24.4 Å². The molecule has 1 amide bonds. The molecule has 0 saturated heterocycles. The van der Waals surface area contributed by atoms with Crippen molar-refractivity contribution in [3.05, 3.63) is 58.8 Å². The molecule has 0 aliphatic carbocycles. The molecule has 0 spiro atoms. The minimum atomic E-state index is -0.683. The zero-order valence-corrected chi connectivity index (χ0v) is 15.5. The van der Waals surface area contributed by atoms with Crippen molar-refractivity contribution < 1.29 is 18.7 Å². The maximum Gasteiger partial charge on any atom is 0.376 e. The lowest BCUT2D eigenvalue weighted by Crippen LogP contribution is -2.15. The van der Waals surface area contributed by atoms with E-state index in [1.807, 2.05) is 13.8 Å². The van der Waals surface area contributed by atoms with Gasteiger partial charge in [-0.05, 0) is 47.8 Å². The van der Waals surface area contributed by atoms with Crippen molar-refractivity contribution in [2.24, 2.45) is 11.1 Å². The van der Waals surface area contributed by atoms with Gasteiger partial charge in [0.15, 0.2) is 0 Å². The third kappa shape index (κ3) is 4.22. The number of nitrogens with zero attached hydrogens (tertiary/aromatic N) is 2. The van der Waals surface area contributed by atoms with E-state index in [0.29, 0.717) is 17.7 Å². The molecule has 0 atom stereocenters. The number of amides is 1. The lowest BCUT2D eigenvalue weighted by atomic mass is 10.1. The summed E-state index contributed by atoms with van der Waals surface area (Å²) in [6.07, 6.45) is 2.22. The summed E-state index contributed by atoms with van der Waals surface area (Å²) < 4.78 is 10.8. The summed E-state index contributed by atoms with van der Waals surface area (Å²) >= 11 is 0. The Hall–Kier alpha value is -3.55. The summed E-state index contributed by atoms with van der Waals surface area (Å²) in [6, 6.07) is 9.25. The topological polar surface area (TPSA) is 111 Å². The highest BCUT2D eigenvalue weighted by atomic mass is 16.5. The average molecular weight is 381 g/mol. The molecule has 0 aliphatic heterocycles. The quantitative estimate of drug-likeness (QED) is 0.470. The van der Waals surface area contributed by atoms with Gasteiger partial charge >= 0.3 is 5.97 Å². The smallest absolute Gasteiger partial charge is 0.376 e. The lowest BCUT2D eigenvalue weighted by molar-refractivity contribution is 0.0455. The Morgan fingerprint density at radius 1 is 1.25 bits per heavy atom. The van der Waals surface area contributed by atoms with Crippen LogP contribution < -0.4 is 5.32 Å². The monoisotopic (exact) mass is 381 g/mol. The fourth-order valence-electron chi connectivity index (χ4n) is 2.54. The number of benzene rings is 1. The molecule has 2 heterocycles. The summed E-state index contributed by atoms with van der Waals surface area (Å²) in [5, 5.41) is 5.95. The van der Waals surface area contributed by atoms with Gasteiger partial charge in [0, 0.05) is 11.8 Å². The normalized spacial score (nSPS) is 10.8. The second kappa shape index (κ2) is 8.43. The molecule has 2 aromatic heterocycles. The van der Waals surface area contributed by atoms with Crippen LogP contribution in [0, 0.1) is 10.8 Å². The first-order valence-corrected chi connectivity index (χ1v) is 8.79. The number of hydrogen-bond acceptors (Lipinski definition) is 7. The van der Waals surface area contributed by atoms with Gasteiger partial charge < -0.3 is 14.5 Å². The van der Waals surface area contributed by atoms with Crippen molar-refractivity contribution in [2.75, 3.05) is 11.9 Å². The molecule has 144 valence electrons. The molecular formula is C20H19N3O5. The standard InChI is InChI=1S/C20H19N3O5/c1-12(2)8-10-27-20(25)17-16(15-7-4-9-21-19(15)28-17)22-18(24)13-5-3-6-14(11-13)23-26/h3-7,9,11-12H,8,10H2,1-2H3,(H,22,24). The molecule has 1 aromatic carbocycles. The first-order chi connectivity index (χ1) is 13.5. The molecule has 0 radical (unpaired) electrons. The van der Waals surface area contributed by atoms with Crippen molar-refractivity contribution >= 4 is 34.4 Å². The van der Waals surface area contributed by atoms with Crippen LogP contribution >= 0.6 is 0 Å². The number of pyridine rings is 1. The van der Waals surface area contributed by atoms with Gasteiger partial charge in [-0.2, -0.15) is 0 Å².